The number of nitrogens with one attached hydrogen (secondary N) is 1. The van der Waals surface area contributed by atoms with Crippen LogP contribution in [0.1, 0.15) is 27.9 Å². The van der Waals surface area contributed by atoms with Crippen LogP contribution in [0.3, 0.4) is 0 Å². The highest BCUT2D eigenvalue weighted by atomic mass is 32.1. The number of thiazole rings is 1. The summed E-state index contributed by atoms with van der Waals surface area (Å²) in [7, 11) is 1.30. The second-order valence-electron chi connectivity index (χ2n) is 7.30. The molecule has 0 saturated heterocycles. The monoisotopic (exact) mass is 440 g/mol. The zero-order valence-electron chi connectivity index (χ0n) is 17.5. The lowest BCUT2D eigenvalue weighted by atomic mass is 9.99. The first-order chi connectivity index (χ1) is 14.8. The van der Waals surface area contributed by atoms with E-state index in [1.54, 1.807) is 18.6 Å². The number of anilines is 1. The summed E-state index contributed by atoms with van der Waals surface area (Å²) in [5.74, 6) is -0.824. The minimum atomic E-state index is -0.562. The Morgan fingerprint density at radius 1 is 1.16 bits per heavy atom. The van der Waals surface area contributed by atoms with E-state index in [4.69, 9.17) is 8.83 Å². The van der Waals surface area contributed by atoms with Crippen molar-refractivity contribution in [3.05, 3.63) is 56.1 Å². The number of methoxy groups -OCH3 is 1. The predicted octanol–water partition coefficient (Wildman–Crippen LogP) is 3.82. The normalized spacial score (nSPS) is 11.2. The zero-order valence-corrected chi connectivity index (χ0v) is 18.3. The maximum absolute atomic E-state index is 12.6. The summed E-state index contributed by atoms with van der Waals surface area (Å²) in [6.07, 6.45) is 1.52. The van der Waals surface area contributed by atoms with E-state index in [1.807, 2.05) is 19.9 Å². The lowest BCUT2D eigenvalue weighted by Gasteiger charge is -2.09. The van der Waals surface area contributed by atoms with Crippen molar-refractivity contribution in [3.8, 4) is 0 Å². The Kier molecular flexibility index (Phi) is 5.36. The maximum Gasteiger partial charge on any atom is 0.340 e. The summed E-state index contributed by atoms with van der Waals surface area (Å²) in [4.78, 5) is 40.8. The average molecular weight is 440 g/mol. The molecule has 0 aliphatic heterocycles. The average Bonchev–Trinajstić information content (AvgIpc) is 3.31. The molecule has 0 saturated carbocycles. The number of rotatable bonds is 5. The molecule has 0 spiro atoms. The fraction of sp³-hybridized carbons (Fsp3) is 0.273. The maximum atomic E-state index is 12.6. The zero-order chi connectivity index (χ0) is 22.3. The van der Waals surface area contributed by atoms with E-state index in [0.717, 1.165) is 16.5 Å². The number of carbonyl (C=O) groups is 2. The van der Waals surface area contributed by atoms with Gasteiger partial charge in [0.25, 0.3) is 0 Å². The van der Waals surface area contributed by atoms with Gasteiger partial charge in [0.15, 0.2) is 5.13 Å². The number of hydrogen-bond acceptors (Lipinski definition) is 8. The molecule has 4 aromatic rings. The number of nitrogens with zero attached hydrogens (tertiary/aromatic N) is 1. The third-order valence-corrected chi connectivity index (χ3v) is 5.96. The van der Waals surface area contributed by atoms with Crippen molar-refractivity contribution in [1.82, 2.24) is 4.98 Å². The largest absolute Gasteiger partial charge is 0.469 e. The Hall–Kier alpha value is -3.46. The van der Waals surface area contributed by atoms with Crippen LogP contribution in [0.25, 0.3) is 21.9 Å². The number of benzene rings is 1. The minimum Gasteiger partial charge on any atom is -0.469 e. The third-order valence-electron chi connectivity index (χ3n) is 5.16. The van der Waals surface area contributed by atoms with E-state index in [0.29, 0.717) is 32.9 Å². The van der Waals surface area contributed by atoms with Gasteiger partial charge in [-0.2, -0.15) is 0 Å². The molecule has 31 heavy (non-hydrogen) atoms. The standard InChI is InChI=1S/C22H20N2O6S/c1-10-5-15-19(20-18(10)11(2)8-29-20)12(3)14(21(27)30-15)7-16(25)24-22-23-13(9-31-22)6-17(26)28-4/h5,8-9H,6-7H2,1-4H3,(H,23,24,25). The van der Waals surface area contributed by atoms with Crippen molar-refractivity contribution in [3.63, 3.8) is 0 Å². The quantitative estimate of drug-likeness (QED) is 0.371. The Labute approximate surface area is 180 Å². The number of esters is 1. The third kappa shape index (κ3) is 3.84. The van der Waals surface area contributed by atoms with Crippen molar-refractivity contribution in [2.24, 2.45) is 0 Å². The molecule has 160 valence electrons. The number of aromatic nitrogens is 1. The Morgan fingerprint density at radius 2 is 1.94 bits per heavy atom. The van der Waals surface area contributed by atoms with Crippen LogP contribution in [-0.4, -0.2) is 24.0 Å². The molecule has 3 aromatic heterocycles. The highest BCUT2D eigenvalue weighted by molar-refractivity contribution is 7.13. The Bertz CT molecular complexity index is 1390. The van der Waals surface area contributed by atoms with Gasteiger partial charge in [-0.15, -0.1) is 11.3 Å². The van der Waals surface area contributed by atoms with E-state index < -0.39 is 17.5 Å². The summed E-state index contributed by atoms with van der Waals surface area (Å²) >= 11 is 1.19. The van der Waals surface area contributed by atoms with E-state index >= 15 is 0 Å². The van der Waals surface area contributed by atoms with E-state index in [9.17, 15) is 14.4 Å². The highest BCUT2D eigenvalue weighted by Crippen LogP contribution is 2.34. The van der Waals surface area contributed by atoms with Gasteiger partial charge >= 0.3 is 11.6 Å². The lowest BCUT2D eigenvalue weighted by molar-refractivity contribution is -0.139. The van der Waals surface area contributed by atoms with Gasteiger partial charge in [0.2, 0.25) is 5.91 Å². The van der Waals surface area contributed by atoms with Crippen LogP contribution < -0.4 is 10.9 Å². The predicted molar refractivity (Wildman–Crippen MR) is 117 cm³/mol. The van der Waals surface area contributed by atoms with Crippen LogP contribution in [0.4, 0.5) is 5.13 Å². The second kappa shape index (κ2) is 7.99. The van der Waals surface area contributed by atoms with Crippen LogP contribution in [-0.2, 0) is 27.2 Å². The molecule has 1 N–H and O–H groups in total. The van der Waals surface area contributed by atoms with E-state index in [-0.39, 0.29) is 18.4 Å². The molecular weight excluding hydrogens is 420 g/mol. The van der Waals surface area contributed by atoms with Gasteiger partial charge in [-0.05, 0) is 43.5 Å². The first-order valence-electron chi connectivity index (χ1n) is 9.53. The van der Waals surface area contributed by atoms with Crippen LogP contribution in [0.15, 0.2) is 31.3 Å². The molecule has 0 aliphatic carbocycles. The van der Waals surface area contributed by atoms with Crippen molar-refractivity contribution in [2.75, 3.05) is 12.4 Å². The number of aryl methyl sites for hydroxylation is 3. The number of hydrogen-bond donors (Lipinski definition) is 1. The molecule has 0 unspecified atom stereocenters. The van der Waals surface area contributed by atoms with Crippen molar-refractivity contribution < 1.29 is 23.2 Å². The van der Waals surface area contributed by atoms with Crippen LogP contribution >= 0.6 is 11.3 Å². The molecule has 0 radical (unpaired) electrons. The number of amides is 1. The Morgan fingerprint density at radius 3 is 2.68 bits per heavy atom. The molecule has 8 nitrogen and oxygen atoms in total. The molecule has 4 rings (SSSR count). The molecule has 9 heteroatoms. The minimum absolute atomic E-state index is 0.0220. The topological polar surface area (TPSA) is 112 Å². The molecule has 0 fully saturated rings. The smallest absolute Gasteiger partial charge is 0.340 e. The molecule has 1 aromatic carbocycles. The van der Waals surface area contributed by atoms with Crippen molar-refractivity contribution >= 4 is 50.3 Å². The van der Waals surface area contributed by atoms with Crippen molar-refractivity contribution in [2.45, 2.75) is 33.6 Å². The van der Waals surface area contributed by atoms with Gasteiger partial charge in [-0.3, -0.25) is 9.59 Å². The number of fused-ring (bicyclic) bond motifs is 3. The second-order valence-corrected chi connectivity index (χ2v) is 8.16. The van der Waals surface area contributed by atoms with Crippen LogP contribution in [0.5, 0.6) is 0 Å². The fourth-order valence-corrected chi connectivity index (χ4v) is 4.39. The van der Waals surface area contributed by atoms with Crippen LogP contribution in [0, 0.1) is 20.8 Å². The van der Waals surface area contributed by atoms with E-state index in [2.05, 4.69) is 15.0 Å². The van der Waals surface area contributed by atoms with Gasteiger partial charge in [0.1, 0.15) is 11.2 Å². The number of furan rings is 1. The summed E-state index contributed by atoms with van der Waals surface area (Å²) in [5, 5.41) is 6.33. The van der Waals surface area contributed by atoms with Gasteiger partial charge < -0.3 is 18.9 Å². The molecular formula is C22H20N2O6S. The Balaban J connectivity index is 1.65. The fourth-order valence-electron chi connectivity index (χ4n) is 3.67. The van der Waals surface area contributed by atoms with Crippen LogP contribution in [0.2, 0.25) is 0 Å². The summed E-state index contributed by atoms with van der Waals surface area (Å²) in [6, 6.07) is 1.82. The van der Waals surface area contributed by atoms with Gasteiger partial charge in [-0.25, -0.2) is 9.78 Å². The van der Waals surface area contributed by atoms with Gasteiger partial charge in [0, 0.05) is 10.8 Å². The number of ether oxygens (including phenoxy) is 1. The summed E-state index contributed by atoms with van der Waals surface area (Å²) < 4.78 is 15.9. The SMILES string of the molecule is COC(=O)Cc1csc(NC(=O)Cc2c(C)c3c(cc(C)c4c(C)coc43)oc2=O)n1. The number of carbonyl (C=O) groups excluding carboxylic acids is 2. The first kappa shape index (κ1) is 20.8. The molecule has 3 heterocycles. The summed E-state index contributed by atoms with van der Waals surface area (Å²) in [6.45, 7) is 5.67. The molecule has 0 aliphatic rings. The van der Waals surface area contributed by atoms with E-state index in [1.165, 1.54) is 18.4 Å². The van der Waals surface area contributed by atoms with Gasteiger partial charge in [-0.1, -0.05) is 0 Å². The molecule has 0 atom stereocenters. The molecule has 1 amide bonds. The van der Waals surface area contributed by atoms with Gasteiger partial charge in [0.05, 0.1) is 42.9 Å². The van der Waals surface area contributed by atoms with Crippen molar-refractivity contribution in [1.29, 1.82) is 0 Å². The first-order valence-corrected chi connectivity index (χ1v) is 10.4. The summed E-state index contributed by atoms with van der Waals surface area (Å²) in [5.41, 5.74) is 3.86. The highest BCUT2D eigenvalue weighted by Gasteiger charge is 2.20. The lowest BCUT2D eigenvalue weighted by Crippen LogP contribution is -2.20. The molecule has 0 bridgehead atoms.